The third-order valence-corrected chi connectivity index (χ3v) is 3.49. The summed E-state index contributed by atoms with van der Waals surface area (Å²) in [5.41, 5.74) is 1.84. The molecular weight excluding hydrogens is 256 g/mol. The van der Waals surface area contributed by atoms with Crippen LogP contribution in [0.4, 0.5) is 0 Å². The van der Waals surface area contributed by atoms with Gasteiger partial charge in [0.2, 0.25) is 0 Å². The molecule has 1 unspecified atom stereocenters. The normalized spacial score (nSPS) is 12.3. The van der Waals surface area contributed by atoms with E-state index < -0.39 is 11.9 Å². The summed E-state index contributed by atoms with van der Waals surface area (Å²) in [5, 5.41) is 9.22. The van der Waals surface area contributed by atoms with E-state index in [-0.39, 0.29) is 23.1 Å². The summed E-state index contributed by atoms with van der Waals surface area (Å²) in [7, 11) is 0. The van der Waals surface area contributed by atoms with Gasteiger partial charge in [-0.05, 0) is 49.4 Å². The lowest BCUT2D eigenvalue weighted by Gasteiger charge is -2.20. The van der Waals surface area contributed by atoms with Gasteiger partial charge in [-0.15, -0.1) is 0 Å². The molecule has 110 valence electrons. The van der Waals surface area contributed by atoms with Crippen molar-refractivity contribution in [2.24, 2.45) is 5.92 Å². The molecule has 1 rings (SSSR count). The van der Waals surface area contributed by atoms with Gasteiger partial charge < -0.3 is 9.84 Å². The lowest BCUT2D eigenvalue weighted by molar-refractivity contribution is 0.0169. The van der Waals surface area contributed by atoms with Crippen LogP contribution >= 0.6 is 0 Å². The van der Waals surface area contributed by atoms with E-state index in [4.69, 9.17) is 4.74 Å². The molecule has 1 atom stereocenters. The number of rotatable bonds is 5. The van der Waals surface area contributed by atoms with Gasteiger partial charge in [0.25, 0.3) is 0 Å². The Bertz CT molecular complexity index is 517. The van der Waals surface area contributed by atoms with Gasteiger partial charge in [0.1, 0.15) is 6.10 Å². The fourth-order valence-electron chi connectivity index (χ4n) is 2.05. The van der Waals surface area contributed by atoms with Crippen molar-refractivity contribution in [3.8, 4) is 0 Å². The Morgan fingerprint density at radius 1 is 1.15 bits per heavy atom. The first-order valence-electron chi connectivity index (χ1n) is 6.83. The molecule has 0 aliphatic heterocycles. The molecule has 0 aromatic heterocycles. The molecule has 0 amide bonds. The molecule has 1 N–H and O–H groups in total. The molecule has 0 saturated carbocycles. The minimum atomic E-state index is -1.11. The number of aromatic carboxylic acids is 1. The van der Waals surface area contributed by atoms with Gasteiger partial charge in [-0.3, -0.25) is 0 Å². The maximum absolute atomic E-state index is 12.2. The summed E-state index contributed by atoms with van der Waals surface area (Å²) in [4.78, 5) is 23.5. The van der Waals surface area contributed by atoms with Crippen molar-refractivity contribution in [2.75, 3.05) is 0 Å². The van der Waals surface area contributed by atoms with Crippen molar-refractivity contribution in [1.29, 1.82) is 0 Å². The van der Waals surface area contributed by atoms with Crippen LogP contribution in [-0.4, -0.2) is 23.1 Å². The zero-order valence-corrected chi connectivity index (χ0v) is 12.7. The van der Waals surface area contributed by atoms with Gasteiger partial charge >= 0.3 is 11.9 Å². The first kappa shape index (κ1) is 16.2. The summed E-state index contributed by atoms with van der Waals surface area (Å²) in [6, 6.07) is 3.11. The Balaban J connectivity index is 3.15. The third-order valence-electron chi connectivity index (χ3n) is 3.49. The van der Waals surface area contributed by atoms with Crippen molar-refractivity contribution in [1.82, 2.24) is 0 Å². The van der Waals surface area contributed by atoms with Crippen molar-refractivity contribution >= 4 is 11.9 Å². The van der Waals surface area contributed by atoms with Crippen molar-refractivity contribution < 1.29 is 19.4 Å². The zero-order chi connectivity index (χ0) is 15.4. The first-order valence-corrected chi connectivity index (χ1v) is 6.83. The Morgan fingerprint density at radius 3 is 2.05 bits per heavy atom. The van der Waals surface area contributed by atoms with E-state index in [1.54, 1.807) is 6.07 Å². The van der Waals surface area contributed by atoms with Crippen LogP contribution in [0, 0.1) is 19.8 Å². The molecular formula is C16H22O4. The van der Waals surface area contributed by atoms with Gasteiger partial charge in [-0.1, -0.05) is 20.8 Å². The van der Waals surface area contributed by atoms with Gasteiger partial charge in [0.05, 0.1) is 11.1 Å². The molecule has 4 nitrogen and oxygen atoms in total. The van der Waals surface area contributed by atoms with Crippen molar-refractivity contribution in [3.63, 3.8) is 0 Å². The number of hydrogen-bond acceptors (Lipinski definition) is 3. The van der Waals surface area contributed by atoms with E-state index in [1.807, 2.05) is 34.6 Å². The SMILES string of the molecule is CCC(OC(=O)c1cc(C)c(C)cc1C(=O)O)C(C)C. The average Bonchev–Trinajstić information content (AvgIpc) is 2.37. The van der Waals surface area contributed by atoms with Crippen LogP contribution in [-0.2, 0) is 4.74 Å². The minimum absolute atomic E-state index is 0.00305. The Kier molecular flexibility index (Phi) is 5.31. The first-order chi connectivity index (χ1) is 9.27. The smallest absolute Gasteiger partial charge is 0.339 e. The largest absolute Gasteiger partial charge is 0.478 e. The zero-order valence-electron chi connectivity index (χ0n) is 12.7. The highest BCUT2D eigenvalue weighted by Gasteiger charge is 2.23. The monoisotopic (exact) mass is 278 g/mol. The van der Waals surface area contributed by atoms with Gasteiger partial charge in [0, 0.05) is 0 Å². The summed E-state index contributed by atoms with van der Waals surface area (Å²) in [5.74, 6) is -1.48. The lowest BCUT2D eigenvalue weighted by Crippen LogP contribution is -2.24. The molecule has 0 aliphatic rings. The van der Waals surface area contributed by atoms with Gasteiger partial charge in [0.15, 0.2) is 0 Å². The number of carboxylic acid groups (broad SMARTS) is 1. The molecule has 0 bridgehead atoms. The number of esters is 1. The Hall–Kier alpha value is -1.84. The van der Waals surface area contributed by atoms with E-state index in [1.165, 1.54) is 6.07 Å². The second kappa shape index (κ2) is 6.55. The van der Waals surface area contributed by atoms with Gasteiger partial charge in [-0.25, -0.2) is 9.59 Å². The maximum Gasteiger partial charge on any atom is 0.339 e. The standard InChI is InChI=1S/C16H22O4/c1-6-14(9(2)3)20-16(19)13-8-11(5)10(4)7-12(13)15(17)18/h7-9,14H,6H2,1-5H3,(H,17,18). The van der Waals surface area contributed by atoms with Crippen LogP contribution in [0.3, 0.4) is 0 Å². The number of aryl methyl sites for hydroxylation is 2. The predicted octanol–water partition coefficient (Wildman–Crippen LogP) is 3.59. The number of ether oxygens (including phenoxy) is 1. The molecule has 0 saturated heterocycles. The molecule has 1 aromatic rings. The summed E-state index contributed by atoms with van der Waals surface area (Å²) >= 11 is 0. The minimum Gasteiger partial charge on any atom is -0.478 e. The molecule has 1 aromatic carbocycles. The Labute approximate surface area is 119 Å². The molecule has 0 radical (unpaired) electrons. The highest BCUT2D eigenvalue weighted by Crippen LogP contribution is 2.20. The molecule has 0 heterocycles. The van der Waals surface area contributed by atoms with E-state index in [2.05, 4.69) is 0 Å². The topological polar surface area (TPSA) is 63.6 Å². The number of benzene rings is 1. The van der Waals surface area contributed by atoms with Crippen LogP contribution in [0.1, 0.15) is 59.0 Å². The second-order valence-electron chi connectivity index (χ2n) is 5.38. The van der Waals surface area contributed by atoms with Crippen LogP contribution in [0.15, 0.2) is 12.1 Å². The number of hydrogen-bond donors (Lipinski definition) is 1. The molecule has 4 heteroatoms. The third kappa shape index (κ3) is 3.59. The molecule has 0 aliphatic carbocycles. The molecule has 0 fully saturated rings. The van der Waals surface area contributed by atoms with Crippen molar-refractivity contribution in [3.05, 3.63) is 34.4 Å². The van der Waals surface area contributed by atoms with Crippen LogP contribution in [0.25, 0.3) is 0 Å². The highest BCUT2D eigenvalue weighted by molar-refractivity contribution is 6.02. The molecule has 0 spiro atoms. The van der Waals surface area contributed by atoms with Crippen LogP contribution in [0.5, 0.6) is 0 Å². The molecule has 20 heavy (non-hydrogen) atoms. The van der Waals surface area contributed by atoms with E-state index in [9.17, 15) is 14.7 Å². The fraction of sp³-hybridized carbons (Fsp3) is 0.500. The second-order valence-corrected chi connectivity index (χ2v) is 5.38. The van der Waals surface area contributed by atoms with Crippen LogP contribution < -0.4 is 0 Å². The number of carbonyl (C=O) groups is 2. The average molecular weight is 278 g/mol. The number of carbonyl (C=O) groups excluding carboxylic acids is 1. The van der Waals surface area contributed by atoms with E-state index in [0.717, 1.165) is 11.1 Å². The van der Waals surface area contributed by atoms with E-state index >= 15 is 0 Å². The lowest BCUT2D eigenvalue weighted by atomic mass is 9.99. The summed E-state index contributed by atoms with van der Waals surface area (Å²) < 4.78 is 5.43. The van der Waals surface area contributed by atoms with E-state index in [0.29, 0.717) is 6.42 Å². The maximum atomic E-state index is 12.2. The summed E-state index contributed by atoms with van der Waals surface area (Å²) in [6.45, 7) is 9.55. The predicted molar refractivity (Wildman–Crippen MR) is 77.2 cm³/mol. The van der Waals surface area contributed by atoms with Gasteiger partial charge in [-0.2, -0.15) is 0 Å². The van der Waals surface area contributed by atoms with Crippen molar-refractivity contribution in [2.45, 2.75) is 47.1 Å². The number of carboxylic acids is 1. The Morgan fingerprint density at radius 2 is 1.65 bits per heavy atom. The quantitative estimate of drug-likeness (QED) is 0.836. The van der Waals surface area contributed by atoms with Crippen LogP contribution in [0.2, 0.25) is 0 Å². The fourth-order valence-corrected chi connectivity index (χ4v) is 2.05. The highest BCUT2D eigenvalue weighted by atomic mass is 16.5. The summed E-state index contributed by atoms with van der Waals surface area (Å²) in [6.07, 6.45) is 0.502.